The molecule has 1 saturated heterocycles. The third-order valence-electron chi connectivity index (χ3n) is 5.19. The van der Waals surface area contributed by atoms with Crippen molar-refractivity contribution in [2.75, 3.05) is 26.2 Å². The van der Waals surface area contributed by atoms with Gasteiger partial charge in [0.05, 0.1) is 0 Å². The summed E-state index contributed by atoms with van der Waals surface area (Å²) in [5.74, 6) is -0.110. The molecule has 0 radical (unpaired) electrons. The number of aromatic nitrogens is 3. The van der Waals surface area contributed by atoms with Crippen molar-refractivity contribution in [3.63, 3.8) is 0 Å². The molecule has 0 spiro atoms. The van der Waals surface area contributed by atoms with E-state index in [1.165, 1.54) is 10.4 Å². The largest absolute Gasteiger partial charge is 0.361 e. The molecule has 1 aliphatic rings. The van der Waals surface area contributed by atoms with E-state index >= 15 is 0 Å². The molecule has 29 heavy (non-hydrogen) atoms. The topological polar surface area (TPSA) is 112 Å². The average Bonchev–Trinajstić information content (AvgIpc) is 3.41. The van der Waals surface area contributed by atoms with Crippen molar-refractivity contribution < 1.29 is 17.8 Å². The van der Waals surface area contributed by atoms with Gasteiger partial charge in [-0.1, -0.05) is 12.1 Å². The fourth-order valence-corrected chi connectivity index (χ4v) is 5.18. The predicted octanol–water partition coefficient (Wildman–Crippen LogP) is 1.85. The highest BCUT2D eigenvalue weighted by Gasteiger charge is 2.32. The van der Waals surface area contributed by atoms with Gasteiger partial charge in [0, 0.05) is 43.5 Å². The van der Waals surface area contributed by atoms with Gasteiger partial charge >= 0.3 is 0 Å². The molecule has 148 valence electrons. The van der Waals surface area contributed by atoms with Gasteiger partial charge < -0.3 is 9.88 Å². The summed E-state index contributed by atoms with van der Waals surface area (Å²) in [6, 6.07) is 12.2. The smallest absolute Gasteiger partial charge is 0.254 e. The Bertz CT molecular complexity index is 1320. The van der Waals surface area contributed by atoms with Crippen LogP contribution in [0, 0.1) is 0 Å². The van der Waals surface area contributed by atoms with Crippen LogP contribution in [0.2, 0.25) is 0 Å². The molecule has 10 heteroatoms. The molecular formula is C19H17N5O4S. The number of hydrogen-bond donors (Lipinski definition) is 1. The molecule has 1 N–H and O–H groups in total. The molecule has 2 aromatic carbocycles. The summed E-state index contributed by atoms with van der Waals surface area (Å²) < 4.78 is 32.2. The summed E-state index contributed by atoms with van der Waals surface area (Å²) in [4.78, 5) is 17.7. The standard InChI is InChI=1S/C19H17N5O4S/c25-19(14-5-4-13-6-7-20-16(13)12-14)23-8-10-24(11-9-23)29(26,27)17-3-1-2-15-18(17)22-28-21-15/h1-7,12,20H,8-11H2. The van der Waals surface area contributed by atoms with Crippen molar-refractivity contribution in [1.29, 1.82) is 0 Å². The minimum absolute atomic E-state index is 0.0632. The van der Waals surface area contributed by atoms with Crippen LogP contribution in [-0.2, 0) is 10.0 Å². The SMILES string of the molecule is O=C(c1ccc2cc[nH]c2c1)N1CCN(S(=O)(=O)c2cccc3nonc23)CC1. The van der Waals surface area contributed by atoms with E-state index in [1.54, 1.807) is 23.1 Å². The number of hydrogen-bond acceptors (Lipinski definition) is 6. The molecule has 0 unspecified atom stereocenters. The van der Waals surface area contributed by atoms with Crippen LogP contribution in [-0.4, -0.2) is 65.0 Å². The Hall–Kier alpha value is -3.24. The van der Waals surface area contributed by atoms with E-state index < -0.39 is 10.0 Å². The van der Waals surface area contributed by atoms with Crippen LogP contribution in [0.15, 0.2) is 58.2 Å². The van der Waals surface area contributed by atoms with Gasteiger partial charge in [-0.3, -0.25) is 4.79 Å². The van der Waals surface area contributed by atoms with Crippen LogP contribution in [0.1, 0.15) is 10.4 Å². The molecule has 4 aromatic rings. The molecule has 0 bridgehead atoms. The zero-order valence-electron chi connectivity index (χ0n) is 15.3. The Balaban J connectivity index is 1.34. The summed E-state index contributed by atoms with van der Waals surface area (Å²) >= 11 is 0. The fourth-order valence-electron chi connectivity index (χ4n) is 3.62. The summed E-state index contributed by atoms with van der Waals surface area (Å²) in [5.41, 5.74) is 2.07. The molecule has 2 aromatic heterocycles. The number of carbonyl (C=O) groups excluding carboxylic acids is 1. The molecule has 5 rings (SSSR count). The van der Waals surface area contributed by atoms with E-state index in [2.05, 4.69) is 19.9 Å². The number of amides is 1. The Morgan fingerprint density at radius 3 is 2.69 bits per heavy atom. The van der Waals surface area contributed by atoms with E-state index in [4.69, 9.17) is 0 Å². The number of aromatic amines is 1. The predicted molar refractivity (Wildman–Crippen MR) is 105 cm³/mol. The first-order chi connectivity index (χ1) is 14.0. The van der Waals surface area contributed by atoms with Crippen LogP contribution in [0.4, 0.5) is 0 Å². The van der Waals surface area contributed by atoms with Crippen molar-refractivity contribution >= 4 is 37.9 Å². The second kappa shape index (κ2) is 6.68. The Labute approximate surface area is 165 Å². The highest BCUT2D eigenvalue weighted by molar-refractivity contribution is 7.89. The zero-order valence-corrected chi connectivity index (χ0v) is 16.1. The van der Waals surface area contributed by atoms with Crippen LogP contribution >= 0.6 is 0 Å². The van der Waals surface area contributed by atoms with E-state index in [0.717, 1.165) is 10.9 Å². The summed E-state index contributed by atoms with van der Waals surface area (Å²) in [7, 11) is -3.77. The fraction of sp³-hybridized carbons (Fsp3) is 0.211. The Morgan fingerprint density at radius 2 is 1.86 bits per heavy atom. The first kappa shape index (κ1) is 17.8. The van der Waals surface area contributed by atoms with Crippen molar-refractivity contribution in [2.24, 2.45) is 0 Å². The average molecular weight is 411 g/mol. The summed E-state index contributed by atoms with van der Waals surface area (Å²) in [6.45, 7) is 1.04. The van der Waals surface area contributed by atoms with Gasteiger partial charge in [0.2, 0.25) is 10.0 Å². The number of fused-ring (bicyclic) bond motifs is 2. The molecule has 0 aliphatic carbocycles. The lowest BCUT2D eigenvalue weighted by atomic mass is 10.1. The third-order valence-corrected chi connectivity index (χ3v) is 7.12. The number of sulfonamides is 1. The minimum Gasteiger partial charge on any atom is -0.361 e. The minimum atomic E-state index is -3.77. The van der Waals surface area contributed by atoms with E-state index in [-0.39, 0.29) is 29.4 Å². The van der Waals surface area contributed by atoms with Gasteiger partial charge in [-0.05, 0) is 46.0 Å². The first-order valence-corrected chi connectivity index (χ1v) is 10.6. The number of nitrogens with one attached hydrogen (secondary N) is 1. The number of H-pyrrole nitrogens is 1. The maximum Gasteiger partial charge on any atom is 0.254 e. The van der Waals surface area contributed by atoms with Crippen LogP contribution in [0.3, 0.4) is 0 Å². The second-order valence-corrected chi connectivity index (χ2v) is 8.77. The third kappa shape index (κ3) is 2.97. The van der Waals surface area contributed by atoms with Crippen LogP contribution in [0.25, 0.3) is 21.9 Å². The summed E-state index contributed by atoms with van der Waals surface area (Å²) in [6.07, 6.45) is 1.83. The Morgan fingerprint density at radius 1 is 1.03 bits per heavy atom. The molecule has 1 amide bonds. The molecule has 1 aliphatic heterocycles. The van der Waals surface area contributed by atoms with E-state index in [9.17, 15) is 13.2 Å². The molecule has 3 heterocycles. The quantitative estimate of drug-likeness (QED) is 0.551. The van der Waals surface area contributed by atoms with E-state index in [1.807, 2.05) is 24.4 Å². The van der Waals surface area contributed by atoms with Crippen molar-refractivity contribution in [2.45, 2.75) is 4.90 Å². The van der Waals surface area contributed by atoms with Crippen LogP contribution in [0.5, 0.6) is 0 Å². The van der Waals surface area contributed by atoms with Crippen LogP contribution < -0.4 is 0 Å². The molecule has 0 atom stereocenters. The highest BCUT2D eigenvalue weighted by atomic mass is 32.2. The summed E-state index contributed by atoms with van der Waals surface area (Å²) in [5, 5.41) is 8.46. The number of nitrogens with zero attached hydrogens (tertiary/aromatic N) is 4. The van der Waals surface area contributed by atoms with Gasteiger partial charge in [-0.25, -0.2) is 13.0 Å². The molecule has 9 nitrogen and oxygen atoms in total. The first-order valence-electron chi connectivity index (χ1n) is 9.12. The lowest BCUT2D eigenvalue weighted by Gasteiger charge is -2.34. The zero-order chi connectivity index (χ0) is 20.0. The maximum absolute atomic E-state index is 13.1. The van der Waals surface area contributed by atoms with Gasteiger partial charge in [0.1, 0.15) is 10.4 Å². The second-order valence-electron chi connectivity index (χ2n) is 6.86. The molecular weight excluding hydrogens is 394 g/mol. The normalized spacial score (nSPS) is 15.9. The van der Waals surface area contributed by atoms with Gasteiger partial charge in [0.15, 0.2) is 5.52 Å². The van der Waals surface area contributed by atoms with Crippen molar-refractivity contribution in [3.8, 4) is 0 Å². The van der Waals surface area contributed by atoms with E-state index in [0.29, 0.717) is 24.2 Å². The van der Waals surface area contributed by atoms with Gasteiger partial charge in [-0.15, -0.1) is 0 Å². The molecule has 0 saturated carbocycles. The van der Waals surface area contributed by atoms with Crippen molar-refractivity contribution in [3.05, 3.63) is 54.2 Å². The highest BCUT2D eigenvalue weighted by Crippen LogP contribution is 2.25. The number of piperazine rings is 1. The molecule has 1 fully saturated rings. The maximum atomic E-state index is 13.1. The lowest BCUT2D eigenvalue weighted by Crippen LogP contribution is -2.50. The number of rotatable bonds is 3. The monoisotopic (exact) mass is 411 g/mol. The van der Waals surface area contributed by atoms with Crippen molar-refractivity contribution in [1.82, 2.24) is 24.5 Å². The van der Waals surface area contributed by atoms with Gasteiger partial charge in [0.25, 0.3) is 5.91 Å². The number of benzene rings is 2. The number of carbonyl (C=O) groups is 1. The Kier molecular flexibility index (Phi) is 4.10. The lowest BCUT2D eigenvalue weighted by molar-refractivity contribution is 0.0698. The van der Waals surface area contributed by atoms with Gasteiger partial charge in [-0.2, -0.15) is 4.31 Å².